The van der Waals surface area contributed by atoms with Crippen LogP contribution in [-0.2, 0) is 13.0 Å². The predicted octanol–water partition coefficient (Wildman–Crippen LogP) is 2.87. The Hall–Kier alpha value is -1.01. The van der Waals surface area contributed by atoms with E-state index in [4.69, 9.17) is 0 Å². The first-order valence-electron chi connectivity index (χ1n) is 4.92. The van der Waals surface area contributed by atoms with Crippen molar-refractivity contribution in [3.05, 3.63) is 33.1 Å². The van der Waals surface area contributed by atoms with Crippen LogP contribution in [0, 0.1) is 0 Å². The summed E-state index contributed by atoms with van der Waals surface area (Å²) in [6, 6.07) is 1.88. The molecular formula is C10H11BrN4S. The molecule has 2 aromatic heterocycles. The fraction of sp³-hybridized carbons (Fsp3) is 0.300. The summed E-state index contributed by atoms with van der Waals surface area (Å²) in [6.45, 7) is 2.78. The molecule has 0 aliphatic carbocycles. The van der Waals surface area contributed by atoms with Crippen LogP contribution in [0.25, 0.3) is 0 Å². The van der Waals surface area contributed by atoms with Gasteiger partial charge in [0.05, 0.1) is 12.1 Å². The van der Waals surface area contributed by atoms with E-state index in [2.05, 4.69) is 36.2 Å². The number of nitrogens with zero attached hydrogens (tertiary/aromatic N) is 3. The molecule has 84 valence electrons. The van der Waals surface area contributed by atoms with Crippen molar-refractivity contribution < 1.29 is 0 Å². The summed E-state index contributed by atoms with van der Waals surface area (Å²) in [5.41, 5.74) is 1.82. The second kappa shape index (κ2) is 5.36. The van der Waals surface area contributed by atoms with Gasteiger partial charge in [-0.05, 0) is 15.9 Å². The molecule has 2 heterocycles. The molecule has 0 saturated heterocycles. The Bertz CT molecular complexity index is 458. The second-order valence-corrected chi connectivity index (χ2v) is 4.95. The highest BCUT2D eigenvalue weighted by Gasteiger charge is 2.01. The molecule has 0 spiro atoms. The van der Waals surface area contributed by atoms with Gasteiger partial charge in [-0.1, -0.05) is 6.92 Å². The summed E-state index contributed by atoms with van der Waals surface area (Å²) in [4.78, 5) is 13.8. The van der Waals surface area contributed by atoms with E-state index in [1.165, 1.54) is 4.88 Å². The van der Waals surface area contributed by atoms with Gasteiger partial charge < -0.3 is 5.32 Å². The lowest BCUT2D eigenvalue weighted by molar-refractivity contribution is 0.922. The second-order valence-electron chi connectivity index (χ2n) is 3.17. The largest absolute Gasteiger partial charge is 0.365 e. The molecule has 2 rings (SSSR count). The topological polar surface area (TPSA) is 50.7 Å². The fourth-order valence-corrected chi connectivity index (χ4v) is 2.18. The Kier molecular flexibility index (Phi) is 3.84. The zero-order chi connectivity index (χ0) is 11.4. The number of halogens is 1. The maximum Gasteiger partial charge on any atom is 0.131 e. The molecule has 0 aliphatic rings. The molecule has 1 N–H and O–H groups in total. The highest BCUT2D eigenvalue weighted by atomic mass is 79.9. The molecule has 6 heteroatoms. The SMILES string of the molecule is CCc1nc(Br)cc(NCc2cncs2)n1. The van der Waals surface area contributed by atoms with Gasteiger partial charge in [-0.25, -0.2) is 9.97 Å². The third-order valence-electron chi connectivity index (χ3n) is 1.98. The number of thiazole rings is 1. The number of aromatic nitrogens is 3. The van der Waals surface area contributed by atoms with Gasteiger partial charge >= 0.3 is 0 Å². The highest BCUT2D eigenvalue weighted by molar-refractivity contribution is 9.10. The zero-order valence-corrected chi connectivity index (χ0v) is 11.2. The van der Waals surface area contributed by atoms with E-state index in [1.807, 2.05) is 24.7 Å². The lowest BCUT2D eigenvalue weighted by atomic mass is 10.4. The third-order valence-corrected chi connectivity index (χ3v) is 3.17. The first kappa shape index (κ1) is 11.5. The van der Waals surface area contributed by atoms with Crippen LogP contribution >= 0.6 is 27.3 Å². The molecule has 0 fully saturated rings. The van der Waals surface area contributed by atoms with Crippen molar-refractivity contribution in [2.24, 2.45) is 0 Å². The van der Waals surface area contributed by atoms with Crippen LogP contribution in [0.15, 0.2) is 22.4 Å². The number of nitrogens with one attached hydrogen (secondary N) is 1. The molecule has 0 aliphatic heterocycles. The van der Waals surface area contributed by atoms with Gasteiger partial charge in [-0.2, -0.15) is 0 Å². The molecule has 0 radical (unpaired) electrons. The summed E-state index contributed by atoms with van der Waals surface area (Å²) in [5.74, 6) is 1.67. The quantitative estimate of drug-likeness (QED) is 0.882. The molecule has 0 saturated carbocycles. The van der Waals surface area contributed by atoms with Crippen LogP contribution in [0.1, 0.15) is 17.6 Å². The van der Waals surface area contributed by atoms with Crippen molar-refractivity contribution in [3.63, 3.8) is 0 Å². The molecule has 0 unspecified atom stereocenters. The molecule has 0 amide bonds. The number of anilines is 1. The summed E-state index contributed by atoms with van der Waals surface area (Å²) >= 11 is 5.00. The van der Waals surface area contributed by atoms with Gasteiger partial charge in [0.25, 0.3) is 0 Å². The first-order valence-corrected chi connectivity index (χ1v) is 6.60. The Labute approximate surface area is 106 Å². The first-order chi connectivity index (χ1) is 7.78. The molecule has 16 heavy (non-hydrogen) atoms. The Morgan fingerprint density at radius 1 is 1.44 bits per heavy atom. The fourth-order valence-electron chi connectivity index (χ4n) is 1.22. The lowest BCUT2D eigenvalue weighted by Crippen LogP contribution is -2.03. The van der Waals surface area contributed by atoms with Crippen LogP contribution in [0.3, 0.4) is 0 Å². The van der Waals surface area contributed by atoms with Gasteiger partial charge in [-0.3, -0.25) is 4.98 Å². The summed E-state index contributed by atoms with van der Waals surface area (Å²) in [7, 11) is 0. The van der Waals surface area contributed by atoms with Crippen molar-refractivity contribution in [1.82, 2.24) is 15.0 Å². The summed E-state index contributed by atoms with van der Waals surface area (Å²) < 4.78 is 0.811. The predicted molar refractivity (Wildman–Crippen MR) is 68.6 cm³/mol. The Balaban J connectivity index is 2.06. The van der Waals surface area contributed by atoms with Crippen molar-refractivity contribution in [3.8, 4) is 0 Å². The molecular weight excluding hydrogens is 288 g/mol. The minimum atomic E-state index is 0.747. The summed E-state index contributed by atoms with van der Waals surface area (Å²) in [6.07, 6.45) is 2.68. The van der Waals surface area contributed by atoms with Crippen molar-refractivity contribution in [2.75, 3.05) is 5.32 Å². The number of rotatable bonds is 4. The third kappa shape index (κ3) is 2.99. The van der Waals surface area contributed by atoms with E-state index < -0.39 is 0 Å². The van der Waals surface area contributed by atoms with Gasteiger partial charge in [0, 0.05) is 23.6 Å². The van der Waals surface area contributed by atoms with E-state index in [9.17, 15) is 0 Å². The van der Waals surface area contributed by atoms with Crippen LogP contribution in [0.5, 0.6) is 0 Å². The maximum atomic E-state index is 4.38. The van der Waals surface area contributed by atoms with Gasteiger partial charge in [0.1, 0.15) is 16.2 Å². The Morgan fingerprint density at radius 2 is 2.31 bits per heavy atom. The van der Waals surface area contributed by atoms with Crippen molar-refractivity contribution >= 4 is 33.1 Å². The maximum absolute atomic E-state index is 4.38. The highest BCUT2D eigenvalue weighted by Crippen LogP contribution is 2.14. The molecule has 4 nitrogen and oxygen atoms in total. The van der Waals surface area contributed by atoms with Gasteiger partial charge in [-0.15, -0.1) is 11.3 Å². The lowest BCUT2D eigenvalue weighted by Gasteiger charge is -2.05. The van der Waals surface area contributed by atoms with Crippen molar-refractivity contribution in [2.45, 2.75) is 19.9 Å². The molecule has 0 atom stereocenters. The van der Waals surface area contributed by atoms with Crippen LogP contribution in [-0.4, -0.2) is 15.0 Å². The number of aryl methyl sites for hydroxylation is 1. The van der Waals surface area contributed by atoms with Gasteiger partial charge in [0.2, 0.25) is 0 Å². The minimum Gasteiger partial charge on any atom is -0.365 e. The van der Waals surface area contributed by atoms with Crippen LogP contribution < -0.4 is 5.32 Å². The van der Waals surface area contributed by atoms with E-state index in [1.54, 1.807) is 11.3 Å². The average Bonchev–Trinajstić information content (AvgIpc) is 2.78. The monoisotopic (exact) mass is 298 g/mol. The molecule has 2 aromatic rings. The van der Waals surface area contributed by atoms with Crippen LogP contribution in [0.4, 0.5) is 5.82 Å². The van der Waals surface area contributed by atoms with E-state index >= 15 is 0 Å². The molecule has 0 bridgehead atoms. The standard InChI is InChI=1S/C10H11BrN4S/c1-2-9-14-8(11)3-10(15-9)13-5-7-4-12-6-16-7/h3-4,6H,2,5H2,1H3,(H,13,14,15). The van der Waals surface area contributed by atoms with E-state index in [0.29, 0.717) is 0 Å². The smallest absolute Gasteiger partial charge is 0.131 e. The number of hydrogen-bond acceptors (Lipinski definition) is 5. The minimum absolute atomic E-state index is 0.747. The average molecular weight is 299 g/mol. The van der Waals surface area contributed by atoms with Crippen LogP contribution in [0.2, 0.25) is 0 Å². The number of hydrogen-bond donors (Lipinski definition) is 1. The zero-order valence-electron chi connectivity index (χ0n) is 8.77. The molecule has 0 aromatic carbocycles. The Morgan fingerprint density at radius 3 is 3.00 bits per heavy atom. The summed E-state index contributed by atoms with van der Waals surface area (Å²) in [5, 5.41) is 3.25. The van der Waals surface area contributed by atoms with Gasteiger partial charge in [0.15, 0.2) is 0 Å². The van der Waals surface area contributed by atoms with E-state index in [-0.39, 0.29) is 0 Å². The van der Waals surface area contributed by atoms with Crippen molar-refractivity contribution in [1.29, 1.82) is 0 Å². The normalized spacial score (nSPS) is 10.4. The van der Waals surface area contributed by atoms with E-state index in [0.717, 1.165) is 29.2 Å².